The molecule has 0 spiro atoms. The monoisotopic (exact) mass is 477 g/mol. The average Bonchev–Trinajstić information content (AvgIpc) is 3.20. The smallest absolute Gasteiger partial charge is 0.380 e. The zero-order valence-electron chi connectivity index (χ0n) is 16.9. The molecule has 1 aliphatic carbocycles. The third-order valence-corrected chi connectivity index (χ3v) is 8.23. The number of anilines is 1. The number of nitrogens with one attached hydrogen (secondary N) is 3. The van der Waals surface area contributed by atoms with Crippen LogP contribution in [0.5, 0.6) is 0 Å². The maximum absolute atomic E-state index is 13.0. The number of hydrogen-bond acceptors (Lipinski definition) is 6. The van der Waals surface area contributed by atoms with Crippen LogP contribution in [0.3, 0.4) is 0 Å². The van der Waals surface area contributed by atoms with Crippen molar-refractivity contribution in [2.24, 2.45) is 0 Å². The second kappa shape index (κ2) is 9.45. The van der Waals surface area contributed by atoms with E-state index in [0.29, 0.717) is 25.2 Å². The van der Waals surface area contributed by atoms with Gasteiger partial charge in [-0.05, 0) is 48.9 Å². The first kappa shape index (κ1) is 24.0. The number of thiophene rings is 1. The summed E-state index contributed by atoms with van der Waals surface area (Å²) in [6, 6.07) is 8.55. The van der Waals surface area contributed by atoms with Crippen molar-refractivity contribution in [3.8, 4) is 0 Å². The molecule has 1 aliphatic rings. The van der Waals surface area contributed by atoms with Crippen molar-refractivity contribution in [1.82, 2.24) is 10.0 Å². The van der Waals surface area contributed by atoms with Crippen LogP contribution in [0.1, 0.15) is 31.7 Å². The summed E-state index contributed by atoms with van der Waals surface area (Å²) >= 11 is 1.12. The maximum atomic E-state index is 13.0. The standard InChI is InChI=1S/C20H26F3N3O3S2/c1-19(27,20(21,22)23)14-7-9-16(10-8-14)26-17(12-24-15-4-2-5-15)13-25-31(28,29)18-6-3-11-30-18/h3,6-11,15,17,24-27H,2,4-5,12-13H2,1H3/t17-,19?/m0/s1. The Morgan fingerprint density at radius 1 is 1.16 bits per heavy atom. The van der Waals surface area contributed by atoms with Crippen LogP contribution in [-0.4, -0.2) is 44.9 Å². The van der Waals surface area contributed by atoms with E-state index in [1.54, 1.807) is 11.4 Å². The Morgan fingerprint density at radius 3 is 2.35 bits per heavy atom. The molecule has 1 fully saturated rings. The third-order valence-electron chi connectivity index (χ3n) is 5.41. The number of halogens is 3. The molecule has 1 aromatic carbocycles. The Hall–Kier alpha value is -1.66. The minimum absolute atomic E-state index is 0.0992. The summed E-state index contributed by atoms with van der Waals surface area (Å²) in [5.74, 6) is 0. The number of alkyl halides is 3. The highest BCUT2D eigenvalue weighted by atomic mass is 32.2. The van der Waals surface area contributed by atoms with Gasteiger partial charge in [-0.1, -0.05) is 24.6 Å². The van der Waals surface area contributed by atoms with E-state index in [1.165, 1.54) is 30.3 Å². The van der Waals surface area contributed by atoms with Crippen LogP contribution in [-0.2, 0) is 15.6 Å². The van der Waals surface area contributed by atoms with E-state index in [9.17, 15) is 26.7 Å². The lowest BCUT2D eigenvalue weighted by Crippen LogP contribution is -2.46. The Labute approximate surface area is 183 Å². The Kier molecular flexibility index (Phi) is 7.32. The number of rotatable bonds is 10. The predicted octanol–water partition coefficient (Wildman–Crippen LogP) is 3.42. The number of aliphatic hydroxyl groups is 1. The minimum atomic E-state index is -4.79. The predicted molar refractivity (Wildman–Crippen MR) is 115 cm³/mol. The number of sulfonamides is 1. The first-order chi connectivity index (χ1) is 14.5. The fraction of sp³-hybridized carbons (Fsp3) is 0.500. The van der Waals surface area contributed by atoms with E-state index < -0.39 is 21.8 Å². The third kappa shape index (κ3) is 5.98. The van der Waals surface area contributed by atoms with Gasteiger partial charge in [0.15, 0.2) is 5.60 Å². The quantitative estimate of drug-likeness (QED) is 0.421. The topological polar surface area (TPSA) is 90.5 Å². The van der Waals surface area contributed by atoms with Gasteiger partial charge in [-0.2, -0.15) is 13.2 Å². The first-order valence-electron chi connectivity index (χ1n) is 9.92. The summed E-state index contributed by atoms with van der Waals surface area (Å²) in [7, 11) is -3.63. The molecule has 6 nitrogen and oxygen atoms in total. The van der Waals surface area contributed by atoms with Crippen LogP contribution < -0.4 is 15.4 Å². The van der Waals surface area contributed by atoms with E-state index in [0.717, 1.165) is 30.6 Å². The van der Waals surface area contributed by atoms with Gasteiger partial charge < -0.3 is 15.7 Å². The lowest BCUT2D eigenvalue weighted by molar-refractivity contribution is -0.258. The van der Waals surface area contributed by atoms with Crippen molar-refractivity contribution < 1.29 is 26.7 Å². The summed E-state index contributed by atoms with van der Waals surface area (Å²) in [5.41, 5.74) is -2.70. The molecule has 0 aliphatic heterocycles. The first-order valence-corrected chi connectivity index (χ1v) is 12.3. The molecule has 1 unspecified atom stereocenters. The lowest BCUT2D eigenvalue weighted by atomic mass is 9.93. The van der Waals surface area contributed by atoms with E-state index in [2.05, 4.69) is 15.4 Å². The van der Waals surface area contributed by atoms with Gasteiger partial charge in [-0.15, -0.1) is 11.3 Å². The van der Waals surface area contributed by atoms with Crippen LogP contribution in [0.25, 0.3) is 0 Å². The fourth-order valence-corrected chi connectivity index (χ4v) is 5.20. The molecular weight excluding hydrogens is 451 g/mol. The van der Waals surface area contributed by atoms with Crippen molar-refractivity contribution in [2.75, 3.05) is 18.4 Å². The largest absolute Gasteiger partial charge is 0.421 e. The Morgan fingerprint density at radius 2 is 1.84 bits per heavy atom. The highest BCUT2D eigenvalue weighted by molar-refractivity contribution is 7.91. The van der Waals surface area contributed by atoms with E-state index in [1.807, 2.05) is 0 Å². The van der Waals surface area contributed by atoms with Crippen molar-refractivity contribution in [1.29, 1.82) is 0 Å². The summed E-state index contributed by atoms with van der Waals surface area (Å²) in [4.78, 5) is 0. The molecule has 1 aromatic heterocycles. The second-order valence-corrected chi connectivity index (χ2v) is 10.8. The SMILES string of the molecule is CC(O)(c1ccc(N[C@@H](CNC2CCC2)CNS(=O)(=O)c2cccs2)cc1)C(F)(F)F. The summed E-state index contributed by atoms with van der Waals surface area (Å²) < 4.78 is 66.8. The molecule has 11 heteroatoms. The Balaban J connectivity index is 1.67. The summed E-state index contributed by atoms with van der Waals surface area (Å²) in [6.07, 6.45) is -1.51. The van der Waals surface area contributed by atoms with Crippen LogP contribution in [0, 0.1) is 0 Å². The zero-order chi connectivity index (χ0) is 22.7. The second-order valence-electron chi connectivity index (χ2n) is 7.81. The number of hydrogen-bond donors (Lipinski definition) is 4. The van der Waals surface area contributed by atoms with Crippen molar-refractivity contribution >= 4 is 27.0 Å². The van der Waals surface area contributed by atoms with Crippen LogP contribution in [0.4, 0.5) is 18.9 Å². The van der Waals surface area contributed by atoms with Crippen molar-refractivity contribution in [3.05, 3.63) is 47.3 Å². The van der Waals surface area contributed by atoms with Gasteiger partial charge in [0.1, 0.15) is 4.21 Å². The Bertz CT molecular complexity index is 942. The van der Waals surface area contributed by atoms with Crippen molar-refractivity contribution in [2.45, 2.75) is 54.3 Å². The molecule has 3 rings (SSSR count). The van der Waals surface area contributed by atoms with E-state index in [-0.39, 0.29) is 22.4 Å². The average molecular weight is 478 g/mol. The lowest BCUT2D eigenvalue weighted by Gasteiger charge is -2.30. The normalized spacial score (nSPS) is 18.2. The van der Waals surface area contributed by atoms with E-state index >= 15 is 0 Å². The van der Waals surface area contributed by atoms with E-state index in [4.69, 9.17) is 0 Å². The van der Waals surface area contributed by atoms with Crippen LogP contribution >= 0.6 is 11.3 Å². The van der Waals surface area contributed by atoms with Gasteiger partial charge >= 0.3 is 6.18 Å². The highest BCUT2D eigenvalue weighted by Crippen LogP contribution is 2.38. The molecule has 31 heavy (non-hydrogen) atoms. The van der Waals surface area contributed by atoms with Gasteiger partial charge in [0, 0.05) is 24.8 Å². The van der Waals surface area contributed by atoms with Crippen molar-refractivity contribution in [3.63, 3.8) is 0 Å². The molecular formula is C20H26F3N3O3S2. The molecule has 0 bridgehead atoms. The zero-order valence-corrected chi connectivity index (χ0v) is 18.6. The molecule has 2 atom stereocenters. The van der Waals surface area contributed by atoms with Gasteiger partial charge in [0.25, 0.3) is 0 Å². The minimum Gasteiger partial charge on any atom is -0.380 e. The van der Waals surface area contributed by atoms with Gasteiger partial charge in [-0.25, -0.2) is 13.1 Å². The molecule has 172 valence electrons. The van der Waals surface area contributed by atoms with Gasteiger partial charge in [-0.3, -0.25) is 0 Å². The maximum Gasteiger partial charge on any atom is 0.421 e. The van der Waals surface area contributed by atoms with Crippen LogP contribution in [0.15, 0.2) is 46.0 Å². The van der Waals surface area contributed by atoms with Gasteiger partial charge in [0.05, 0.1) is 6.04 Å². The molecule has 1 heterocycles. The molecule has 0 saturated heterocycles. The highest BCUT2D eigenvalue weighted by Gasteiger charge is 2.51. The fourth-order valence-electron chi connectivity index (χ4n) is 3.08. The van der Waals surface area contributed by atoms with Crippen LogP contribution in [0.2, 0.25) is 0 Å². The molecule has 2 aromatic rings. The number of benzene rings is 1. The van der Waals surface area contributed by atoms with Gasteiger partial charge in [0.2, 0.25) is 10.0 Å². The molecule has 1 saturated carbocycles. The summed E-state index contributed by atoms with van der Waals surface area (Å²) in [6.45, 7) is 1.29. The summed E-state index contributed by atoms with van der Waals surface area (Å²) in [5, 5.41) is 18.0. The molecule has 0 radical (unpaired) electrons. The molecule has 0 amide bonds. The molecule has 4 N–H and O–H groups in total.